The monoisotopic (exact) mass is 256 g/mol. The van der Waals surface area contributed by atoms with Gasteiger partial charge in [-0.3, -0.25) is 0 Å². The third-order valence-electron chi connectivity index (χ3n) is 2.84. The van der Waals surface area contributed by atoms with E-state index in [4.69, 9.17) is 4.74 Å². The highest BCUT2D eigenvalue weighted by Crippen LogP contribution is 2.25. The lowest BCUT2D eigenvalue weighted by Gasteiger charge is -2.11. The summed E-state index contributed by atoms with van der Waals surface area (Å²) in [4.78, 5) is 5.98. The number of ether oxygens (including phenoxy) is 1. The SMILES string of the molecule is CCCNC(C)c1sc(CC(C)OC)nc1C. The maximum absolute atomic E-state index is 5.28. The first-order valence-corrected chi connectivity index (χ1v) is 7.12. The standard InChI is InChI=1S/C13H24N2OS/c1-6-7-14-10(3)13-11(4)15-12(17-13)8-9(2)16-5/h9-10,14H,6-8H2,1-5H3. The molecule has 0 aliphatic heterocycles. The van der Waals surface area contributed by atoms with Crippen LogP contribution in [0.2, 0.25) is 0 Å². The average Bonchev–Trinajstić information content (AvgIpc) is 2.67. The van der Waals surface area contributed by atoms with Gasteiger partial charge in [0.2, 0.25) is 0 Å². The Morgan fingerprint density at radius 2 is 2.12 bits per heavy atom. The van der Waals surface area contributed by atoms with Gasteiger partial charge >= 0.3 is 0 Å². The Morgan fingerprint density at radius 1 is 1.41 bits per heavy atom. The Balaban J connectivity index is 2.67. The van der Waals surface area contributed by atoms with Gasteiger partial charge in [0.05, 0.1) is 16.8 Å². The molecule has 3 nitrogen and oxygen atoms in total. The van der Waals surface area contributed by atoms with E-state index in [2.05, 4.69) is 38.0 Å². The Labute approximate surface area is 109 Å². The summed E-state index contributed by atoms with van der Waals surface area (Å²) in [6.07, 6.45) is 2.31. The molecule has 0 spiro atoms. The van der Waals surface area contributed by atoms with Gasteiger partial charge in [-0.25, -0.2) is 4.98 Å². The average molecular weight is 256 g/mol. The number of methoxy groups -OCH3 is 1. The van der Waals surface area contributed by atoms with E-state index in [-0.39, 0.29) is 6.10 Å². The van der Waals surface area contributed by atoms with Crippen LogP contribution in [0.1, 0.15) is 48.8 Å². The largest absolute Gasteiger partial charge is 0.381 e. The minimum atomic E-state index is 0.243. The van der Waals surface area contributed by atoms with Crippen molar-refractivity contribution in [3.05, 3.63) is 15.6 Å². The van der Waals surface area contributed by atoms with Crippen LogP contribution in [-0.4, -0.2) is 24.7 Å². The smallest absolute Gasteiger partial charge is 0.0957 e. The quantitative estimate of drug-likeness (QED) is 0.814. The van der Waals surface area contributed by atoms with Crippen molar-refractivity contribution < 1.29 is 4.74 Å². The molecule has 1 rings (SSSR count). The molecule has 17 heavy (non-hydrogen) atoms. The van der Waals surface area contributed by atoms with Gasteiger partial charge in [-0.15, -0.1) is 11.3 Å². The predicted octanol–water partition coefficient (Wildman–Crippen LogP) is 3.09. The van der Waals surface area contributed by atoms with Crippen LogP contribution in [0, 0.1) is 6.92 Å². The Morgan fingerprint density at radius 3 is 2.71 bits per heavy atom. The van der Waals surface area contributed by atoms with Gasteiger partial charge in [-0.05, 0) is 33.7 Å². The lowest BCUT2D eigenvalue weighted by molar-refractivity contribution is 0.118. The van der Waals surface area contributed by atoms with Crippen molar-refractivity contribution in [1.29, 1.82) is 0 Å². The molecule has 0 bridgehead atoms. The molecule has 0 aliphatic carbocycles. The van der Waals surface area contributed by atoms with Gasteiger partial charge in [0, 0.05) is 24.4 Å². The fraction of sp³-hybridized carbons (Fsp3) is 0.769. The molecule has 1 aromatic heterocycles. The Kier molecular flexibility index (Phi) is 6.09. The van der Waals surface area contributed by atoms with Gasteiger partial charge in [0.15, 0.2) is 0 Å². The minimum absolute atomic E-state index is 0.243. The summed E-state index contributed by atoms with van der Waals surface area (Å²) in [5.41, 5.74) is 1.16. The van der Waals surface area contributed by atoms with Crippen LogP contribution < -0.4 is 5.32 Å². The molecular formula is C13H24N2OS. The van der Waals surface area contributed by atoms with E-state index in [1.807, 2.05) is 11.3 Å². The summed E-state index contributed by atoms with van der Waals surface area (Å²) < 4.78 is 5.28. The molecule has 98 valence electrons. The first kappa shape index (κ1) is 14.6. The molecule has 0 amide bonds. The van der Waals surface area contributed by atoms with Crippen LogP contribution in [0.3, 0.4) is 0 Å². The Bertz CT molecular complexity index is 338. The summed E-state index contributed by atoms with van der Waals surface area (Å²) in [6, 6.07) is 0.402. The molecule has 1 aromatic rings. The van der Waals surface area contributed by atoms with Crippen LogP contribution in [0.5, 0.6) is 0 Å². The van der Waals surface area contributed by atoms with E-state index < -0.39 is 0 Å². The number of rotatable bonds is 7. The lowest BCUT2D eigenvalue weighted by atomic mass is 10.2. The first-order chi connectivity index (χ1) is 8.08. The maximum atomic E-state index is 5.28. The van der Waals surface area contributed by atoms with Gasteiger partial charge < -0.3 is 10.1 Å². The second kappa shape index (κ2) is 7.09. The second-order valence-electron chi connectivity index (χ2n) is 4.48. The van der Waals surface area contributed by atoms with Crippen molar-refractivity contribution in [2.45, 2.75) is 52.7 Å². The molecule has 2 atom stereocenters. The summed E-state index contributed by atoms with van der Waals surface area (Å²) >= 11 is 1.81. The minimum Gasteiger partial charge on any atom is -0.381 e. The third kappa shape index (κ3) is 4.37. The molecule has 2 unspecified atom stereocenters. The molecule has 0 saturated heterocycles. The zero-order valence-corrected chi connectivity index (χ0v) is 12.4. The fourth-order valence-electron chi connectivity index (χ4n) is 1.74. The van der Waals surface area contributed by atoms with Crippen LogP contribution in [-0.2, 0) is 11.2 Å². The number of hydrogen-bond acceptors (Lipinski definition) is 4. The van der Waals surface area contributed by atoms with Gasteiger partial charge in [0.1, 0.15) is 0 Å². The van der Waals surface area contributed by atoms with Crippen LogP contribution in [0.25, 0.3) is 0 Å². The molecule has 0 saturated carbocycles. The highest BCUT2D eigenvalue weighted by atomic mass is 32.1. The van der Waals surface area contributed by atoms with E-state index in [0.717, 1.165) is 25.1 Å². The second-order valence-corrected chi connectivity index (χ2v) is 5.60. The topological polar surface area (TPSA) is 34.1 Å². The molecule has 0 aromatic carbocycles. The molecule has 4 heteroatoms. The van der Waals surface area contributed by atoms with E-state index in [1.165, 1.54) is 9.88 Å². The first-order valence-electron chi connectivity index (χ1n) is 6.30. The summed E-state index contributed by atoms with van der Waals surface area (Å²) in [6.45, 7) is 9.62. The summed E-state index contributed by atoms with van der Waals surface area (Å²) in [5.74, 6) is 0. The van der Waals surface area contributed by atoms with E-state index in [9.17, 15) is 0 Å². The van der Waals surface area contributed by atoms with Crippen molar-refractivity contribution >= 4 is 11.3 Å². The van der Waals surface area contributed by atoms with Crippen LogP contribution in [0.15, 0.2) is 0 Å². The zero-order valence-electron chi connectivity index (χ0n) is 11.5. The summed E-state index contributed by atoms with van der Waals surface area (Å²) in [5, 5.41) is 4.69. The van der Waals surface area contributed by atoms with Crippen molar-refractivity contribution in [3.8, 4) is 0 Å². The predicted molar refractivity (Wildman–Crippen MR) is 73.7 cm³/mol. The summed E-state index contributed by atoms with van der Waals surface area (Å²) in [7, 11) is 1.75. The number of aromatic nitrogens is 1. The van der Waals surface area contributed by atoms with Crippen LogP contribution in [0.4, 0.5) is 0 Å². The zero-order chi connectivity index (χ0) is 12.8. The number of hydrogen-bond donors (Lipinski definition) is 1. The number of nitrogens with one attached hydrogen (secondary N) is 1. The highest BCUT2D eigenvalue weighted by molar-refractivity contribution is 7.11. The van der Waals surface area contributed by atoms with Gasteiger partial charge in [-0.1, -0.05) is 6.92 Å². The van der Waals surface area contributed by atoms with Gasteiger partial charge in [-0.2, -0.15) is 0 Å². The molecule has 1 heterocycles. The maximum Gasteiger partial charge on any atom is 0.0957 e. The number of thiazole rings is 1. The van der Waals surface area contributed by atoms with Crippen molar-refractivity contribution in [2.75, 3.05) is 13.7 Å². The fourth-order valence-corrected chi connectivity index (χ4v) is 2.95. The number of nitrogens with zero attached hydrogens (tertiary/aromatic N) is 1. The van der Waals surface area contributed by atoms with Gasteiger partial charge in [0.25, 0.3) is 0 Å². The molecular weight excluding hydrogens is 232 g/mol. The van der Waals surface area contributed by atoms with Crippen molar-refractivity contribution in [2.24, 2.45) is 0 Å². The number of aryl methyl sites for hydroxylation is 1. The molecule has 1 N–H and O–H groups in total. The Hall–Kier alpha value is -0.450. The van der Waals surface area contributed by atoms with E-state index in [0.29, 0.717) is 6.04 Å². The lowest BCUT2D eigenvalue weighted by Crippen LogP contribution is -2.18. The van der Waals surface area contributed by atoms with E-state index >= 15 is 0 Å². The normalized spacial score (nSPS) is 14.9. The third-order valence-corrected chi connectivity index (χ3v) is 4.20. The van der Waals surface area contributed by atoms with E-state index in [1.54, 1.807) is 7.11 Å². The molecule has 0 aliphatic rings. The molecule has 0 fully saturated rings. The molecule has 0 radical (unpaired) electrons. The highest BCUT2D eigenvalue weighted by Gasteiger charge is 2.14. The van der Waals surface area contributed by atoms with Crippen molar-refractivity contribution in [1.82, 2.24) is 10.3 Å². The van der Waals surface area contributed by atoms with Crippen LogP contribution >= 0.6 is 11.3 Å². The van der Waals surface area contributed by atoms with Crippen molar-refractivity contribution in [3.63, 3.8) is 0 Å².